The highest BCUT2D eigenvalue weighted by atomic mass is 32.1. The lowest BCUT2D eigenvalue weighted by Crippen LogP contribution is -2.31. The van der Waals surface area contributed by atoms with Crippen LogP contribution in [0.15, 0.2) is 48.1 Å². The van der Waals surface area contributed by atoms with Crippen LogP contribution in [0.25, 0.3) is 0 Å². The lowest BCUT2D eigenvalue weighted by atomic mass is 10.1. The van der Waals surface area contributed by atoms with E-state index < -0.39 is 0 Å². The molecule has 0 aliphatic rings. The highest BCUT2D eigenvalue weighted by molar-refractivity contribution is 7.09. The fraction of sp³-hybridized carbons (Fsp3) is 0.556. The minimum absolute atomic E-state index is 0.0265. The molecule has 0 unspecified atom stereocenters. The van der Waals surface area contributed by atoms with Gasteiger partial charge in [0.2, 0.25) is 17.2 Å². The van der Waals surface area contributed by atoms with E-state index in [2.05, 4.69) is 42.3 Å². The Morgan fingerprint density at radius 3 is 1.98 bits per heavy atom. The lowest BCUT2D eigenvalue weighted by molar-refractivity contribution is -0.683. The molecule has 43 heavy (non-hydrogen) atoms. The Kier molecular flexibility index (Phi) is 15.4. The van der Waals surface area contributed by atoms with Crippen LogP contribution in [-0.4, -0.2) is 26.7 Å². The molecule has 236 valence electrons. The summed E-state index contributed by atoms with van der Waals surface area (Å²) in [7, 11) is 3.29. The van der Waals surface area contributed by atoms with Crippen molar-refractivity contribution in [3.8, 4) is 17.2 Å². The van der Waals surface area contributed by atoms with Gasteiger partial charge in [-0.05, 0) is 43.2 Å². The normalized spacial score (nSPS) is 11.0. The van der Waals surface area contributed by atoms with Crippen molar-refractivity contribution in [3.05, 3.63) is 64.1 Å². The average molecular weight is 610 g/mol. The van der Waals surface area contributed by atoms with Gasteiger partial charge >= 0.3 is 0 Å². The fourth-order valence-electron chi connectivity index (χ4n) is 5.41. The van der Waals surface area contributed by atoms with Gasteiger partial charge in [-0.1, -0.05) is 101 Å². The van der Waals surface area contributed by atoms with Gasteiger partial charge in [0.25, 0.3) is 0 Å². The molecular formula is C36H53N2O4S+. The first-order valence-electron chi connectivity index (χ1n) is 16.1. The van der Waals surface area contributed by atoms with E-state index in [0.717, 1.165) is 36.2 Å². The van der Waals surface area contributed by atoms with Crippen molar-refractivity contribution in [2.24, 2.45) is 0 Å². The van der Waals surface area contributed by atoms with Crippen LogP contribution < -0.4 is 23.7 Å². The molecule has 0 bridgehead atoms. The Labute approximate surface area is 264 Å². The number of methoxy groups -OCH3 is 2. The van der Waals surface area contributed by atoms with Crippen molar-refractivity contribution < 1.29 is 23.6 Å². The highest BCUT2D eigenvalue weighted by Gasteiger charge is 2.19. The third-order valence-electron chi connectivity index (χ3n) is 7.79. The molecule has 0 saturated carbocycles. The van der Waals surface area contributed by atoms with Gasteiger partial charge in [-0.2, -0.15) is 4.57 Å². The number of nitrogens with zero attached hydrogens (tertiary/aromatic N) is 2. The number of aryl methyl sites for hydroxylation is 1. The molecule has 6 nitrogen and oxygen atoms in total. The summed E-state index contributed by atoms with van der Waals surface area (Å²) in [6.45, 7) is 7.76. The Morgan fingerprint density at radius 2 is 1.44 bits per heavy atom. The molecule has 0 radical (unpaired) electrons. The number of unbranched alkanes of at least 4 members (excludes halogenated alkanes) is 11. The number of hydrogen-bond donors (Lipinski definition) is 0. The number of hydrogen-bond acceptors (Lipinski definition) is 5. The van der Waals surface area contributed by atoms with Crippen LogP contribution in [0, 0.1) is 6.92 Å². The third-order valence-corrected chi connectivity index (χ3v) is 8.65. The quantitative estimate of drug-likeness (QED) is 0.0893. The number of benzene rings is 2. The van der Waals surface area contributed by atoms with Crippen molar-refractivity contribution in [3.63, 3.8) is 0 Å². The Bertz CT molecular complexity index is 1220. The van der Waals surface area contributed by atoms with Gasteiger partial charge in [-0.15, -0.1) is 0 Å². The second kappa shape index (κ2) is 19.3. The van der Waals surface area contributed by atoms with E-state index in [-0.39, 0.29) is 5.91 Å². The Balaban J connectivity index is 1.53. The van der Waals surface area contributed by atoms with Crippen molar-refractivity contribution in [1.29, 1.82) is 0 Å². The van der Waals surface area contributed by atoms with Crippen LogP contribution in [0.5, 0.6) is 17.2 Å². The first kappa shape index (κ1) is 34.4. The second-order valence-corrected chi connectivity index (χ2v) is 12.6. The van der Waals surface area contributed by atoms with Gasteiger partial charge in [0.15, 0.2) is 24.2 Å². The number of anilines is 1. The molecule has 1 aromatic heterocycles. The molecule has 0 aliphatic carbocycles. The van der Waals surface area contributed by atoms with Gasteiger partial charge in [0.05, 0.1) is 32.2 Å². The number of carbonyl (C=O) groups is 1. The first-order chi connectivity index (χ1) is 20.9. The van der Waals surface area contributed by atoms with Gasteiger partial charge < -0.3 is 19.1 Å². The molecule has 3 aromatic rings. The Hall–Kier alpha value is -3.06. The summed E-state index contributed by atoms with van der Waals surface area (Å²) in [5.74, 6) is 1.84. The number of rotatable bonds is 21. The smallest absolute Gasteiger partial charge is 0.225 e. The zero-order valence-electron chi connectivity index (χ0n) is 27.2. The zero-order chi connectivity index (χ0) is 30.9. The van der Waals surface area contributed by atoms with Crippen LogP contribution in [0.4, 0.5) is 5.69 Å². The molecule has 0 aliphatic heterocycles. The monoisotopic (exact) mass is 609 g/mol. The topological polar surface area (TPSA) is 51.9 Å². The van der Waals surface area contributed by atoms with Crippen molar-refractivity contribution in [2.75, 3.05) is 25.7 Å². The Morgan fingerprint density at radius 1 is 0.837 bits per heavy atom. The van der Waals surface area contributed by atoms with Crippen molar-refractivity contribution in [1.82, 2.24) is 0 Å². The summed E-state index contributed by atoms with van der Waals surface area (Å²) in [6, 6.07) is 12.1. The lowest BCUT2D eigenvalue weighted by Gasteiger charge is -2.23. The predicted octanol–water partition coefficient (Wildman–Crippen LogP) is 9.04. The maximum absolute atomic E-state index is 12.8. The average Bonchev–Trinajstić information content (AvgIpc) is 3.42. The molecule has 0 saturated heterocycles. The molecule has 0 atom stereocenters. The minimum Gasteiger partial charge on any atom is -0.493 e. The minimum atomic E-state index is -0.0265. The van der Waals surface area contributed by atoms with E-state index in [4.69, 9.17) is 14.2 Å². The van der Waals surface area contributed by atoms with Crippen LogP contribution >= 0.6 is 11.3 Å². The van der Waals surface area contributed by atoms with E-state index in [0.29, 0.717) is 30.4 Å². The molecular weight excluding hydrogens is 556 g/mol. The number of amides is 1. The number of thiazole rings is 1. The molecule has 1 amide bonds. The maximum atomic E-state index is 12.8. The zero-order valence-corrected chi connectivity index (χ0v) is 28.0. The van der Waals surface area contributed by atoms with Crippen LogP contribution in [0.2, 0.25) is 0 Å². The van der Waals surface area contributed by atoms with Gasteiger partial charge in [-0.25, -0.2) is 0 Å². The summed E-state index contributed by atoms with van der Waals surface area (Å²) < 4.78 is 19.8. The molecule has 7 heteroatoms. The van der Waals surface area contributed by atoms with E-state index in [1.807, 2.05) is 24.3 Å². The van der Waals surface area contributed by atoms with Crippen LogP contribution in [0.3, 0.4) is 0 Å². The van der Waals surface area contributed by atoms with E-state index in [1.165, 1.54) is 69.1 Å². The SMILES string of the molecule is CCCCCCCCCCCCCCOc1c(OC)cc(CN(C(C)=O)c2cccc(C[n+]3csc(C)c3)c2)cc1OC. The number of aromatic nitrogens is 1. The van der Waals surface area contributed by atoms with Crippen molar-refractivity contribution in [2.45, 2.75) is 111 Å². The van der Waals surface area contributed by atoms with Crippen molar-refractivity contribution >= 4 is 22.9 Å². The van der Waals surface area contributed by atoms with E-state index >= 15 is 0 Å². The van der Waals surface area contributed by atoms with Crippen LogP contribution in [0.1, 0.15) is 107 Å². The highest BCUT2D eigenvalue weighted by Crippen LogP contribution is 2.39. The third kappa shape index (κ3) is 11.9. The maximum Gasteiger partial charge on any atom is 0.225 e. The molecule has 1 heterocycles. The molecule has 3 rings (SSSR count). The summed E-state index contributed by atoms with van der Waals surface area (Å²) >= 11 is 1.73. The molecule has 0 N–H and O–H groups in total. The summed E-state index contributed by atoms with van der Waals surface area (Å²) in [5, 5.41) is 0. The standard InChI is InChI=1S/C36H53N2O4S/c1-6-7-8-9-10-11-12-13-14-15-16-17-21-42-36-34(40-4)23-32(24-35(36)41-5)27-38(30(3)39)33-20-18-19-31(22-33)26-37-25-29(2)43-28-37/h18-20,22-25,28H,6-17,21,26-27H2,1-5H3/q+1. The van der Waals surface area contributed by atoms with Gasteiger partial charge in [-0.3, -0.25) is 4.79 Å². The second-order valence-electron chi connectivity index (χ2n) is 11.5. The fourth-order valence-corrected chi connectivity index (χ4v) is 6.05. The molecule has 0 spiro atoms. The van der Waals surface area contributed by atoms with E-state index in [9.17, 15) is 4.79 Å². The van der Waals surface area contributed by atoms with Crippen LogP contribution in [-0.2, 0) is 17.9 Å². The largest absolute Gasteiger partial charge is 0.493 e. The number of carbonyl (C=O) groups excluding carboxylic acids is 1. The first-order valence-corrected chi connectivity index (χ1v) is 17.0. The summed E-state index contributed by atoms with van der Waals surface area (Å²) in [4.78, 5) is 15.8. The summed E-state index contributed by atoms with van der Waals surface area (Å²) in [5.41, 5.74) is 5.03. The predicted molar refractivity (Wildman–Crippen MR) is 178 cm³/mol. The molecule has 2 aromatic carbocycles. The van der Waals surface area contributed by atoms with Gasteiger partial charge in [0.1, 0.15) is 0 Å². The molecule has 0 fully saturated rings. The summed E-state index contributed by atoms with van der Waals surface area (Å²) in [6.07, 6.45) is 17.8. The number of ether oxygens (including phenoxy) is 3. The van der Waals surface area contributed by atoms with Gasteiger partial charge in [0, 0.05) is 18.2 Å². The van der Waals surface area contributed by atoms with E-state index in [1.54, 1.807) is 37.4 Å².